The van der Waals surface area contributed by atoms with Crippen molar-refractivity contribution in [1.82, 2.24) is 25.5 Å². The normalized spacial score (nSPS) is 15.1. The molecule has 0 atom stereocenters. The summed E-state index contributed by atoms with van der Waals surface area (Å²) < 4.78 is 0. The second-order valence-corrected chi connectivity index (χ2v) is 11.2. The van der Waals surface area contributed by atoms with Crippen LogP contribution in [0.25, 0.3) is 50.5 Å². The number of fused-ring (bicyclic) bond motifs is 1. The molecule has 4 aromatic heterocycles. The average Bonchev–Trinajstić information content (AvgIpc) is 3.33. The summed E-state index contributed by atoms with van der Waals surface area (Å²) in [6.07, 6.45) is 16.2. The summed E-state index contributed by atoms with van der Waals surface area (Å²) in [4.78, 5) is 10.4. The third kappa shape index (κ3) is 5.49. The van der Waals surface area contributed by atoms with Crippen LogP contribution in [0.15, 0.2) is 97.7 Å². The smallest absolute Gasteiger partial charge is 0.116 e. The minimum Gasteiger partial charge on any atom is -0.359 e. The first-order chi connectivity index (χ1) is 19.3. The van der Waals surface area contributed by atoms with Crippen molar-refractivity contribution in [1.29, 1.82) is 0 Å². The fourth-order valence-electron chi connectivity index (χ4n) is 4.67. The topological polar surface area (TPSA) is 69.4 Å². The zero-order valence-corrected chi connectivity index (χ0v) is 24.2. The van der Waals surface area contributed by atoms with Gasteiger partial charge in [0.15, 0.2) is 0 Å². The number of rotatable bonds is 10. The van der Waals surface area contributed by atoms with Gasteiger partial charge in [-0.1, -0.05) is 38.5 Å². The van der Waals surface area contributed by atoms with Crippen molar-refractivity contribution < 1.29 is 0 Å². The molecule has 0 aromatic carbocycles. The Bertz CT molecular complexity index is 1830. The first-order valence-electron chi connectivity index (χ1n) is 13.4. The maximum Gasteiger partial charge on any atom is 0.116 e. The van der Waals surface area contributed by atoms with E-state index in [-0.39, 0.29) is 0 Å². The first kappa shape index (κ1) is 27.2. The Morgan fingerprint density at radius 3 is 2.60 bits per heavy atom. The van der Waals surface area contributed by atoms with Gasteiger partial charge in [-0.2, -0.15) is 5.10 Å². The van der Waals surface area contributed by atoms with Crippen LogP contribution in [-0.4, -0.2) is 20.2 Å². The van der Waals surface area contributed by atoms with Gasteiger partial charge in [-0.25, -0.2) is 0 Å². The van der Waals surface area contributed by atoms with Gasteiger partial charge in [0.25, 0.3) is 0 Å². The van der Waals surface area contributed by atoms with Crippen LogP contribution in [0.2, 0.25) is 0 Å². The quantitative estimate of drug-likeness (QED) is 0.182. The Hall–Kier alpha value is -4.42. The average molecular weight is 546 g/mol. The highest BCUT2D eigenvalue weighted by atomic mass is 32.1. The van der Waals surface area contributed by atoms with E-state index < -0.39 is 0 Å². The van der Waals surface area contributed by atoms with Crippen molar-refractivity contribution >= 4 is 40.0 Å². The van der Waals surface area contributed by atoms with E-state index >= 15 is 0 Å². The maximum absolute atomic E-state index is 4.70. The summed E-state index contributed by atoms with van der Waals surface area (Å²) >= 11 is 1.73. The summed E-state index contributed by atoms with van der Waals surface area (Å²) in [5.41, 5.74) is 8.67. The predicted molar refractivity (Wildman–Crippen MR) is 172 cm³/mol. The SMILES string of the molecule is C=C/C(=C\C(=C/C)C(=C)/C=c1/c(-c2cc3c(-c4ccc(C(=C)C)s4)cncc3[nH]2)n[nH]/c1=C/C)NC(=C)C1CC1. The maximum atomic E-state index is 4.70. The second-order valence-electron chi connectivity index (χ2n) is 10.1. The molecule has 4 aromatic rings. The highest BCUT2D eigenvalue weighted by Crippen LogP contribution is 2.36. The summed E-state index contributed by atoms with van der Waals surface area (Å²) in [6, 6.07) is 6.41. The number of hydrogen-bond acceptors (Lipinski definition) is 4. The van der Waals surface area contributed by atoms with Gasteiger partial charge in [-0.05, 0) is 92.7 Å². The Balaban J connectivity index is 1.54. The van der Waals surface area contributed by atoms with E-state index in [4.69, 9.17) is 5.10 Å². The van der Waals surface area contributed by atoms with Crippen molar-refractivity contribution in [3.8, 4) is 21.8 Å². The molecule has 5 nitrogen and oxygen atoms in total. The van der Waals surface area contributed by atoms with Gasteiger partial charge in [0, 0.05) is 43.5 Å². The van der Waals surface area contributed by atoms with Crippen molar-refractivity contribution in [2.24, 2.45) is 5.92 Å². The number of nitrogens with one attached hydrogen (secondary N) is 3. The molecule has 0 bridgehead atoms. The third-order valence-electron chi connectivity index (χ3n) is 7.12. The Kier molecular flexibility index (Phi) is 7.71. The Morgan fingerprint density at radius 2 is 1.95 bits per heavy atom. The van der Waals surface area contributed by atoms with Crippen molar-refractivity contribution in [2.75, 3.05) is 0 Å². The molecule has 0 amide bonds. The van der Waals surface area contributed by atoms with E-state index in [2.05, 4.69) is 83.1 Å². The van der Waals surface area contributed by atoms with E-state index in [1.807, 2.05) is 45.3 Å². The summed E-state index contributed by atoms with van der Waals surface area (Å²) in [7, 11) is 0. The number of hydrogen-bond donors (Lipinski definition) is 3. The van der Waals surface area contributed by atoms with E-state index in [0.717, 1.165) is 71.4 Å². The number of pyridine rings is 1. The van der Waals surface area contributed by atoms with Gasteiger partial charge in [0.1, 0.15) is 5.69 Å². The molecule has 1 fully saturated rings. The number of nitrogens with zero attached hydrogens (tertiary/aromatic N) is 2. The molecule has 5 rings (SSSR count). The molecule has 0 unspecified atom stereocenters. The minimum absolute atomic E-state index is 0.559. The summed E-state index contributed by atoms with van der Waals surface area (Å²) in [6.45, 7) is 22.7. The molecule has 3 N–H and O–H groups in total. The van der Waals surface area contributed by atoms with Gasteiger partial charge in [-0.3, -0.25) is 10.1 Å². The highest BCUT2D eigenvalue weighted by Gasteiger charge is 2.24. The van der Waals surface area contributed by atoms with E-state index in [9.17, 15) is 0 Å². The van der Waals surface area contributed by atoms with E-state index in [1.165, 1.54) is 17.7 Å². The number of aromatic nitrogens is 4. The molecular formula is C34H35N5S. The molecule has 6 heteroatoms. The van der Waals surface area contributed by atoms with Crippen molar-refractivity contribution in [3.05, 3.63) is 113 Å². The van der Waals surface area contributed by atoms with Crippen LogP contribution in [-0.2, 0) is 0 Å². The zero-order chi connectivity index (χ0) is 28.4. The number of thiophene rings is 1. The molecule has 1 aliphatic carbocycles. The van der Waals surface area contributed by atoms with E-state index in [1.54, 1.807) is 11.3 Å². The van der Waals surface area contributed by atoms with Gasteiger partial charge in [0.2, 0.25) is 0 Å². The molecule has 0 aliphatic heterocycles. The number of allylic oxidation sites excluding steroid dienone is 7. The lowest BCUT2D eigenvalue weighted by atomic mass is 10.0. The molecule has 202 valence electrons. The van der Waals surface area contributed by atoms with Crippen molar-refractivity contribution in [2.45, 2.75) is 33.6 Å². The lowest BCUT2D eigenvalue weighted by molar-refractivity contribution is 0.864. The fourth-order valence-corrected chi connectivity index (χ4v) is 5.63. The largest absolute Gasteiger partial charge is 0.359 e. The van der Waals surface area contributed by atoms with Gasteiger partial charge in [0.05, 0.1) is 22.8 Å². The summed E-state index contributed by atoms with van der Waals surface area (Å²) in [5, 5.41) is 14.3. The predicted octanol–water partition coefficient (Wildman–Crippen LogP) is 7.38. The summed E-state index contributed by atoms with van der Waals surface area (Å²) in [5.74, 6) is 0.559. The number of aromatic amines is 2. The lowest BCUT2D eigenvalue weighted by Crippen LogP contribution is -2.23. The molecule has 0 radical (unpaired) electrons. The van der Waals surface area contributed by atoms with Gasteiger partial charge < -0.3 is 10.3 Å². The van der Waals surface area contributed by atoms with Crippen LogP contribution in [0.1, 0.15) is 38.5 Å². The Morgan fingerprint density at radius 1 is 1.15 bits per heavy atom. The lowest BCUT2D eigenvalue weighted by Gasteiger charge is -2.11. The van der Waals surface area contributed by atoms with Crippen LogP contribution in [0.5, 0.6) is 0 Å². The van der Waals surface area contributed by atoms with Gasteiger partial charge >= 0.3 is 0 Å². The molecule has 4 heterocycles. The zero-order valence-electron chi connectivity index (χ0n) is 23.4. The van der Waals surface area contributed by atoms with Crippen LogP contribution in [0.4, 0.5) is 0 Å². The Labute approximate surface area is 239 Å². The monoisotopic (exact) mass is 545 g/mol. The van der Waals surface area contributed by atoms with Crippen LogP contribution >= 0.6 is 11.3 Å². The third-order valence-corrected chi connectivity index (χ3v) is 8.40. The number of H-pyrrole nitrogens is 2. The molecule has 1 aliphatic rings. The molecule has 0 saturated heterocycles. The second kappa shape index (κ2) is 11.4. The standard InChI is InChI=1S/C34H35N5S/c1-8-23(16-25(9-2)36-22(7)24-11-12-24)21(6)15-27-29(10-3)38-39-34(27)30-17-26-28(18-35-19-31(26)37-30)33-14-13-32(40-33)20(4)5/h8-10,13-19,24,36-38H,2,4,6-7,11-12H2,1,3,5H3/b23-8+,25-16+,27-15+,29-10+. The van der Waals surface area contributed by atoms with Crippen LogP contribution in [0, 0.1) is 5.92 Å². The van der Waals surface area contributed by atoms with Crippen molar-refractivity contribution in [3.63, 3.8) is 0 Å². The highest BCUT2D eigenvalue weighted by molar-refractivity contribution is 7.16. The van der Waals surface area contributed by atoms with Crippen LogP contribution in [0.3, 0.4) is 0 Å². The van der Waals surface area contributed by atoms with E-state index in [0.29, 0.717) is 5.92 Å². The molecular weight excluding hydrogens is 510 g/mol. The molecule has 1 saturated carbocycles. The minimum atomic E-state index is 0.559. The fraction of sp³-hybridized carbons (Fsp3) is 0.176. The van der Waals surface area contributed by atoms with Gasteiger partial charge in [-0.15, -0.1) is 11.3 Å². The molecule has 0 spiro atoms. The molecule has 40 heavy (non-hydrogen) atoms. The van der Waals surface area contributed by atoms with Crippen LogP contribution < -0.4 is 15.9 Å². The first-order valence-corrected chi connectivity index (χ1v) is 14.3.